The van der Waals surface area contributed by atoms with Gasteiger partial charge in [-0.3, -0.25) is 0 Å². The lowest BCUT2D eigenvalue weighted by Crippen LogP contribution is -1.88. The smallest absolute Gasteiger partial charge is 0.0840 e. The summed E-state index contributed by atoms with van der Waals surface area (Å²) in [5, 5.41) is 0. The Kier molecular flexibility index (Phi) is 2.87. The summed E-state index contributed by atoms with van der Waals surface area (Å²) in [6.45, 7) is 6.48. The van der Waals surface area contributed by atoms with Gasteiger partial charge in [-0.15, -0.1) is 11.3 Å². The molecule has 0 fully saturated rings. The van der Waals surface area contributed by atoms with Crippen LogP contribution in [0.5, 0.6) is 0 Å². The van der Waals surface area contributed by atoms with E-state index in [4.69, 9.17) is 0 Å². The zero-order valence-corrected chi connectivity index (χ0v) is 10.2. The van der Waals surface area contributed by atoms with E-state index < -0.39 is 0 Å². The normalized spacial score (nSPS) is 10.6. The summed E-state index contributed by atoms with van der Waals surface area (Å²) in [7, 11) is 0. The molecule has 0 aliphatic heterocycles. The molecule has 1 aromatic heterocycles. The minimum atomic E-state index is 1.10. The Morgan fingerprint density at radius 2 is 2.07 bits per heavy atom. The van der Waals surface area contributed by atoms with Crippen LogP contribution in [0.3, 0.4) is 0 Å². The van der Waals surface area contributed by atoms with E-state index in [-0.39, 0.29) is 0 Å². The van der Waals surface area contributed by atoms with E-state index in [1.807, 2.05) is 5.51 Å². The van der Waals surface area contributed by atoms with Crippen LogP contribution in [0.25, 0.3) is 11.3 Å². The van der Waals surface area contributed by atoms with Crippen LogP contribution < -0.4 is 0 Å². The molecule has 0 saturated carbocycles. The average Bonchev–Trinajstić information content (AvgIpc) is 2.64. The van der Waals surface area contributed by atoms with Gasteiger partial charge >= 0.3 is 0 Å². The van der Waals surface area contributed by atoms with Crippen LogP contribution in [0.1, 0.15) is 22.9 Å². The zero-order valence-electron chi connectivity index (χ0n) is 9.37. The Bertz CT molecular complexity index is 471. The summed E-state index contributed by atoms with van der Waals surface area (Å²) in [5.41, 5.74) is 7.07. The third-order valence-electron chi connectivity index (χ3n) is 2.74. The van der Waals surface area contributed by atoms with E-state index in [2.05, 4.69) is 44.0 Å². The van der Waals surface area contributed by atoms with Crippen molar-refractivity contribution in [3.8, 4) is 11.3 Å². The number of nitrogens with zero attached hydrogens (tertiary/aromatic N) is 1. The average molecular weight is 217 g/mol. The lowest BCUT2D eigenvalue weighted by molar-refractivity contribution is 1.11. The summed E-state index contributed by atoms with van der Waals surface area (Å²) in [6, 6.07) is 6.62. The van der Waals surface area contributed by atoms with Gasteiger partial charge in [0.25, 0.3) is 0 Å². The van der Waals surface area contributed by atoms with Crippen molar-refractivity contribution in [2.24, 2.45) is 0 Å². The molecule has 0 aliphatic rings. The van der Waals surface area contributed by atoms with E-state index in [1.165, 1.54) is 21.6 Å². The molecule has 0 amide bonds. The maximum atomic E-state index is 4.40. The summed E-state index contributed by atoms with van der Waals surface area (Å²) >= 11 is 1.70. The van der Waals surface area contributed by atoms with E-state index in [1.54, 1.807) is 11.3 Å². The topological polar surface area (TPSA) is 12.9 Å². The number of hydrogen-bond acceptors (Lipinski definition) is 2. The molecule has 0 N–H and O–H groups in total. The summed E-state index contributed by atoms with van der Waals surface area (Å²) < 4.78 is 0. The van der Waals surface area contributed by atoms with Gasteiger partial charge in [0, 0.05) is 10.4 Å². The molecule has 0 aliphatic carbocycles. The Hall–Kier alpha value is -1.15. The molecular formula is C13H15NS. The van der Waals surface area contributed by atoms with Crippen molar-refractivity contribution >= 4 is 11.3 Å². The predicted octanol–water partition coefficient (Wildman–Crippen LogP) is 3.99. The zero-order chi connectivity index (χ0) is 10.8. The predicted molar refractivity (Wildman–Crippen MR) is 66.4 cm³/mol. The summed E-state index contributed by atoms with van der Waals surface area (Å²) in [6.07, 6.45) is 1.10. The summed E-state index contributed by atoms with van der Waals surface area (Å²) in [4.78, 5) is 5.69. The van der Waals surface area contributed by atoms with Gasteiger partial charge in [0.15, 0.2) is 0 Å². The monoisotopic (exact) mass is 217 g/mol. The van der Waals surface area contributed by atoms with Gasteiger partial charge in [-0.1, -0.05) is 19.1 Å². The number of rotatable bonds is 2. The van der Waals surface area contributed by atoms with E-state index in [9.17, 15) is 0 Å². The molecule has 2 heteroatoms. The SMILES string of the molecule is CCc1ccc(-c2ncsc2C)cc1C. The van der Waals surface area contributed by atoms with E-state index in [0.717, 1.165) is 12.1 Å². The van der Waals surface area contributed by atoms with Crippen molar-refractivity contribution < 1.29 is 0 Å². The highest BCUT2D eigenvalue weighted by molar-refractivity contribution is 7.10. The highest BCUT2D eigenvalue weighted by Crippen LogP contribution is 2.26. The van der Waals surface area contributed by atoms with E-state index >= 15 is 0 Å². The fraction of sp³-hybridized carbons (Fsp3) is 0.308. The van der Waals surface area contributed by atoms with Crippen LogP contribution in [-0.2, 0) is 6.42 Å². The Morgan fingerprint density at radius 3 is 2.60 bits per heavy atom. The first-order valence-electron chi connectivity index (χ1n) is 5.22. The summed E-state index contributed by atoms with van der Waals surface area (Å²) in [5.74, 6) is 0. The lowest BCUT2D eigenvalue weighted by Gasteiger charge is -2.05. The fourth-order valence-electron chi connectivity index (χ4n) is 1.82. The molecule has 2 aromatic rings. The molecule has 2 rings (SSSR count). The highest BCUT2D eigenvalue weighted by atomic mass is 32.1. The van der Waals surface area contributed by atoms with Crippen molar-refractivity contribution in [2.75, 3.05) is 0 Å². The number of thiazole rings is 1. The van der Waals surface area contributed by atoms with Gasteiger partial charge in [0.05, 0.1) is 11.2 Å². The number of benzene rings is 1. The van der Waals surface area contributed by atoms with Gasteiger partial charge in [0.2, 0.25) is 0 Å². The van der Waals surface area contributed by atoms with Crippen LogP contribution in [0, 0.1) is 13.8 Å². The molecule has 0 saturated heterocycles. The first-order chi connectivity index (χ1) is 7.22. The Balaban J connectivity index is 2.47. The Labute approximate surface area is 94.8 Å². The molecule has 1 nitrogen and oxygen atoms in total. The molecule has 0 unspecified atom stereocenters. The first-order valence-corrected chi connectivity index (χ1v) is 6.10. The van der Waals surface area contributed by atoms with Crippen LogP contribution >= 0.6 is 11.3 Å². The maximum absolute atomic E-state index is 4.40. The third-order valence-corrected chi connectivity index (χ3v) is 3.50. The molecule has 0 atom stereocenters. The van der Waals surface area contributed by atoms with Crippen molar-refractivity contribution in [2.45, 2.75) is 27.2 Å². The second-order valence-corrected chi connectivity index (χ2v) is 4.81. The lowest BCUT2D eigenvalue weighted by atomic mass is 10.0. The fourth-order valence-corrected chi connectivity index (χ4v) is 2.42. The Morgan fingerprint density at radius 1 is 1.27 bits per heavy atom. The van der Waals surface area contributed by atoms with Gasteiger partial charge < -0.3 is 0 Å². The highest BCUT2D eigenvalue weighted by Gasteiger charge is 2.06. The second-order valence-electron chi connectivity index (χ2n) is 3.75. The van der Waals surface area contributed by atoms with Crippen LogP contribution in [0.2, 0.25) is 0 Å². The van der Waals surface area contributed by atoms with Crippen molar-refractivity contribution in [1.82, 2.24) is 4.98 Å². The maximum Gasteiger partial charge on any atom is 0.0840 e. The largest absolute Gasteiger partial charge is 0.244 e. The number of aryl methyl sites for hydroxylation is 3. The van der Waals surface area contributed by atoms with Gasteiger partial charge in [-0.05, 0) is 37.5 Å². The van der Waals surface area contributed by atoms with Crippen LogP contribution in [0.4, 0.5) is 0 Å². The molecule has 0 spiro atoms. The molecular weight excluding hydrogens is 202 g/mol. The molecule has 0 bridgehead atoms. The minimum Gasteiger partial charge on any atom is -0.244 e. The number of aromatic nitrogens is 1. The van der Waals surface area contributed by atoms with Crippen LogP contribution in [-0.4, -0.2) is 4.98 Å². The van der Waals surface area contributed by atoms with Gasteiger partial charge in [-0.25, -0.2) is 4.98 Å². The standard InChI is InChI=1S/C13H15NS/c1-4-11-5-6-12(7-9(11)2)13-10(3)15-8-14-13/h5-8H,4H2,1-3H3. The van der Waals surface area contributed by atoms with E-state index in [0.29, 0.717) is 0 Å². The van der Waals surface area contributed by atoms with Crippen LogP contribution in [0.15, 0.2) is 23.7 Å². The van der Waals surface area contributed by atoms with Crippen molar-refractivity contribution in [1.29, 1.82) is 0 Å². The van der Waals surface area contributed by atoms with Gasteiger partial charge in [-0.2, -0.15) is 0 Å². The van der Waals surface area contributed by atoms with Crippen molar-refractivity contribution in [3.05, 3.63) is 39.7 Å². The quantitative estimate of drug-likeness (QED) is 0.741. The molecule has 1 aromatic carbocycles. The second kappa shape index (κ2) is 4.15. The third kappa shape index (κ3) is 1.95. The number of hydrogen-bond donors (Lipinski definition) is 0. The molecule has 1 heterocycles. The van der Waals surface area contributed by atoms with Crippen molar-refractivity contribution in [3.63, 3.8) is 0 Å². The molecule has 15 heavy (non-hydrogen) atoms. The molecule has 0 radical (unpaired) electrons. The van der Waals surface area contributed by atoms with Gasteiger partial charge in [0.1, 0.15) is 0 Å². The minimum absolute atomic E-state index is 1.10. The first kappa shape index (κ1) is 10.4. The molecule has 78 valence electrons.